The average Bonchev–Trinajstić information content (AvgIpc) is 3.06. The summed E-state index contributed by atoms with van der Waals surface area (Å²) in [6, 6.07) is 35.8. The Bertz CT molecular complexity index is 1390. The van der Waals surface area contributed by atoms with E-state index in [9.17, 15) is 14.4 Å². The number of hydrogen-bond acceptors (Lipinski definition) is 5. The largest absolute Gasteiger partial charge is 0.460 e. The lowest BCUT2D eigenvalue weighted by molar-refractivity contribution is -0.146. The van der Waals surface area contributed by atoms with Gasteiger partial charge in [0.15, 0.2) is 0 Å². The summed E-state index contributed by atoms with van der Waals surface area (Å²) in [4.78, 5) is 40.3. The Morgan fingerprint density at radius 2 is 1.14 bits per heavy atom. The lowest BCUT2D eigenvalue weighted by Crippen LogP contribution is -2.49. The van der Waals surface area contributed by atoms with Crippen LogP contribution in [0.4, 0.5) is 0 Å². The second-order valence-electron chi connectivity index (χ2n) is 10.5. The number of benzene rings is 4. The molecule has 0 saturated carbocycles. The first-order valence-electron chi connectivity index (χ1n) is 14.7. The number of rotatable bonds is 14. The van der Waals surface area contributed by atoms with Crippen LogP contribution in [0.3, 0.4) is 0 Å². The minimum atomic E-state index is -0.953. The zero-order chi connectivity index (χ0) is 30.4. The van der Waals surface area contributed by atoms with E-state index in [1.807, 2.05) is 128 Å². The van der Waals surface area contributed by atoms with Gasteiger partial charge in [-0.05, 0) is 41.5 Å². The van der Waals surface area contributed by atoms with Crippen molar-refractivity contribution >= 4 is 17.8 Å². The van der Waals surface area contributed by atoms with Gasteiger partial charge in [0.1, 0.15) is 18.7 Å². The van der Waals surface area contributed by atoms with Gasteiger partial charge in [0, 0.05) is 0 Å². The van der Waals surface area contributed by atoms with Crippen LogP contribution in [0.25, 0.3) is 0 Å². The fraction of sp³-hybridized carbons (Fsp3) is 0.250. The molecule has 0 spiro atoms. The molecule has 0 aliphatic heterocycles. The lowest BCUT2D eigenvalue weighted by atomic mass is 9.90. The molecule has 3 atom stereocenters. The summed E-state index contributed by atoms with van der Waals surface area (Å²) in [5.41, 5.74) is 9.64. The SMILES string of the molecule is CCC(NC(=O)[C@@H](CC[C@H](N)C(=O)OCc1ccccc1)NC(=O)C(c1ccccc1)c1ccccc1)c1ccccc1. The van der Waals surface area contributed by atoms with Gasteiger partial charge in [0.05, 0.1) is 12.0 Å². The summed E-state index contributed by atoms with van der Waals surface area (Å²) in [5.74, 6) is -1.84. The Kier molecular flexibility index (Phi) is 11.6. The Hall–Kier alpha value is -4.75. The molecule has 0 heterocycles. The number of ether oxygens (including phenoxy) is 1. The van der Waals surface area contributed by atoms with E-state index in [0.717, 1.165) is 22.3 Å². The van der Waals surface area contributed by atoms with Crippen LogP contribution >= 0.6 is 0 Å². The van der Waals surface area contributed by atoms with Crippen LogP contribution < -0.4 is 16.4 Å². The van der Waals surface area contributed by atoms with Gasteiger partial charge in [0.25, 0.3) is 0 Å². The Labute approximate surface area is 253 Å². The van der Waals surface area contributed by atoms with E-state index in [4.69, 9.17) is 10.5 Å². The fourth-order valence-corrected chi connectivity index (χ4v) is 4.99. The van der Waals surface area contributed by atoms with E-state index >= 15 is 0 Å². The quantitative estimate of drug-likeness (QED) is 0.173. The van der Waals surface area contributed by atoms with Gasteiger partial charge < -0.3 is 21.1 Å². The maximum absolute atomic E-state index is 13.9. The third-order valence-corrected chi connectivity index (χ3v) is 7.38. The molecule has 0 aromatic heterocycles. The summed E-state index contributed by atoms with van der Waals surface area (Å²) in [5, 5.41) is 6.08. The van der Waals surface area contributed by atoms with Crippen molar-refractivity contribution in [3.8, 4) is 0 Å². The van der Waals surface area contributed by atoms with E-state index in [1.165, 1.54) is 0 Å². The van der Waals surface area contributed by atoms with Crippen molar-refractivity contribution in [3.63, 3.8) is 0 Å². The van der Waals surface area contributed by atoms with Gasteiger partial charge in [-0.15, -0.1) is 0 Å². The maximum atomic E-state index is 13.9. The van der Waals surface area contributed by atoms with Crippen LogP contribution in [0.2, 0.25) is 0 Å². The third-order valence-electron chi connectivity index (χ3n) is 7.38. The smallest absolute Gasteiger partial charge is 0.323 e. The summed E-state index contributed by atoms with van der Waals surface area (Å²) < 4.78 is 5.41. The highest BCUT2D eigenvalue weighted by Crippen LogP contribution is 2.25. The van der Waals surface area contributed by atoms with Crippen molar-refractivity contribution < 1.29 is 19.1 Å². The molecule has 43 heavy (non-hydrogen) atoms. The van der Waals surface area contributed by atoms with Crippen LogP contribution in [0, 0.1) is 0 Å². The highest BCUT2D eigenvalue weighted by Gasteiger charge is 2.30. The Morgan fingerprint density at radius 1 is 0.651 bits per heavy atom. The molecule has 222 valence electrons. The van der Waals surface area contributed by atoms with E-state index in [0.29, 0.717) is 6.42 Å². The number of carbonyl (C=O) groups excluding carboxylic acids is 3. The molecule has 2 amide bonds. The monoisotopic (exact) mass is 577 g/mol. The van der Waals surface area contributed by atoms with Gasteiger partial charge in [0.2, 0.25) is 11.8 Å². The van der Waals surface area contributed by atoms with Crippen LogP contribution in [0.1, 0.15) is 60.4 Å². The van der Waals surface area contributed by atoms with Crippen molar-refractivity contribution in [1.82, 2.24) is 10.6 Å². The van der Waals surface area contributed by atoms with Crippen molar-refractivity contribution in [2.75, 3.05) is 0 Å². The highest BCUT2D eigenvalue weighted by atomic mass is 16.5. The number of hydrogen-bond donors (Lipinski definition) is 3. The van der Waals surface area contributed by atoms with Crippen LogP contribution in [-0.4, -0.2) is 29.9 Å². The molecule has 4 N–H and O–H groups in total. The predicted octanol–water partition coefficient (Wildman–Crippen LogP) is 5.42. The molecule has 0 fully saturated rings. The summed E-state index contributed by atoms with van der Waals surface area (Å²) in [7, 11) is 0. The summed E-state index contributed by atoms with van der Waals surface area (Å²) in [6.45, 7) is 2.10. The number of nitrogens with two attached hydrogens (primary N) is 1. The van der Waals surface area contributed by atoms with Gasteiger partial charge in [-0.3, -0.25) is 14.4 Å². The number of amides is 2. The molecule has 0 aliphatic rings. The first-order valence-corrected chi connectivity index (χ1v) is 14.7. The van der Waals surface area contributed by atoms with Gasteiger partial charge in [-0.2, -0.15) is 0 Å². The van der Waals surface area contributed by atoms with Gasteiger partial charge in [-0.1, -0.05) is 128 Å². The topological polar surface area (TPSA) is 111 Å². The van der Waals surface area contributed by atoms with Crippen LogP contribution in [-0.2, 0) is 25.7 Å². The fourth-order valence-electron chi connectivity index (χ4n) is 4.99. The van der Waals surface area contributed by atoms with Crippen molar-refractivity contribution in [1.29, 1.82) is 0 Å². The van der Waals surface area contributed by atoms with Crippen LogP contribution in [0.15, 0.2) is 121 Å². The zero-order valence-electron chi connectivity index (χ0n) is 24.4. The van der Waals surface area contributed by atoms with E-state index < -0.39 is 24.0 Å². The first-order chi connectivity index (χ1) is 21.0. The maximum Gasteiger partial charge on any atom is 0.323 e. The summed E-state index contributed by atoms with van der Waals surface area (Å²) in [6.07, 6.45) is 0.967. The summed E-state index contributed by atoms with van der Waals surface area (Å²) >= 11 is 0. The van der Waals surface area contributed by atoms with Crippen LogP contribution in [0.5, 0.6) is 0 Å². The molecule has 1 unspecified atom stereocenters. The number of nitrogens with one attached hydrogen (secondary N) is 2. The normalized spacial score (nSPS) is 13.0. The molecular weight excluding hydrogens is 538 g/mol. The van der Waals surface area contributed by atoms with Gasteiger partial charge in [-0.25, -0.2) is 0 Å². The van der Waals surface area contributed by atoms with Crippen molar-refractivity contribution in [2.24, 2.45) is 5.73 Å². The minimum Gasteiger partial charge on any atom is -0.460 e. The van der Waals surface area contributed by atoms with Gasteiger partial charge >= 0.3 is 5.97 Å². The molecular formula is C36H39N3O4. The predicted molar refractivity (Wildman–Crippen MR) is 168 cm³/mol. The molecule has 0 radical (unpaired) electrons. The highest BCUT2D eigenvalue weighted by molar-refractivity contribution is 5.92. The van der Waals surface area contributed by atoms with E-state index in [2.05, 4.69) is 10.6 Å². The molecule has 4 aromatic carbocycles. The minimum absolute atomic E-state index is 0.110. The Morgan fingerprint density at radius 3 is 1.65 bits per heavy atom. The number of esters is 1. The number of carbonyl (C=O) groups is 3. The van der Waals surface area contributed by atoms with E-state index in [1.54, 1.807) is 0 Å². The third kappa shape index (κ3) is 9.12. The average molecular weight is 578 g/mol. The molecule has 7 nitrogen and oxygen atoms in total. The molecule has 7 heteroatoms. The lowest BCUT2D eigenvalue weighted by Gasteiger charge is -2.26. The zero-order valence-corrected chi connectivity index (χ0v) is 24.4. The van der Waals surface area contributed by atoms with Crippen molar-refractivity contribution in [2.45, 2.75) is 56.8 Å². The van der Waals surface area contributed by atoms with E-state index in [-0.39, 0.29) is 37.3 Å². The first kappa shape index (κ1) is 31.2. The standard InChI is InChI=1S/C36H39N3O4/c1-2-31(27-17-9-4-10-18-27)38-34(40)32(24-23-30(37)36(42)43-25-26-15-7-3-8-16-26)39-35(41)33(28-19-11-5-12-20-28)29-21-13-6-14-22-29/h3-22,30-33H,2,23-25,37H2,1H3,(H,38,40)(H,39,41)/t30-,31?,32+/m0/s1. The molecule has 0 bridgehead atoms. The Balaban J connectivity index is 1.51. The van der Waals surface area contributed by atoms with Crippen molar-refractivity contribution in [3.05, 3.63) is 144 Å². The second-order valence-corrected chi connectivity index (χ2v) is 10.5. The second kappa shape index (κ2) is 16.0. The molecule has 0 saturated heterocycles. The molecule has 4 aromatic rings. The molecule has 4 rings (SSSR count). The molecule has 0 aliphatic carbocycles.